The minimum absolute atomic E-state index is 0.202. The standard InChI is InChI=1S/C39H57N3O3S/c1-27(2)12-10-13-28(3)33-19-20-34-32(35(21-24-38(33,34)4)39(5)23-9-8-16-37(39)43)22-25-40-41-46(44,45)30-17-18-31-29(26-30)14-11-15-36(31)42(6)7/h8,11,14-18,25-28,32-35,41H,9-10,12-13,19-24H2,1-7H3/b40-25+/t28-,32?,33-,34?,35?,38-,39-/m1/s1. The van der Waals surface area contributed by atoms with Gasteiger partial charge in [-0.05, 0) is 116 Å². The lowest BCUT2D eigenvalue weighted by Crippen LogP contribution is -2.50. The van der Waals surface area contributed by atoms with Gasteiger partial charge in [-0.1, -0.05) is 78.2 Å². The van der Waals surface area contributed by atoms with Crippen LogP contribution in [0.4, 0.5) is 5.69 Å². The zero-order valence-corrected chi connectivity index (χ0v) is 30.1. The fraction of sp³-hybridized carbons (Fsp3) is 0.641. The van der Waals surface area contributed by atoms with Gasteiger partial charge in [0.05, 0.1) is 4.90 Å². The van der Waals surface area contributed by atoms with Crippen molar-refractivity contribution >= 4 is 38.5 Å². The predicted octanol–water partition coefficient (Wildman–Crippen LogP) is 9.01. The number of nitrogens with zero attached hydrogens (tertiary/aromatic N) is 2. The Kier molecular flexibility index (Phi) is 10.4. The fourth-order valence-corrected chi connectivity index (χ4v) is 10.7. The van der Waals surface area contributed by atoms with Crippen LogP contribution in [0.3, 0.4) is 0 Å². The van der Waals surface area contributed by atoms with Crippen LogP contribution in [-0.2, 0) is 14.8 Å². The zero-order valence-electron chi connectivity index (χ0n) is 29.3. The summed E-state index contributed by atoms with van der Waals surface area (Å²) in [5, 5.41) is 6.22. The number of rotatable bonds is 12. The van der Waals surface area contributed by atoms with Crippen LogP contribution in [0.15, 0.2) is 58.5 Å². The first-order valence-corrected chi connectivity index (χ1v) is 19.2. The SMILES string of the molecule is CC(C)CCC[C@@H](C)[C@H]1CCC2C(C/C=N/NS(=O)(=O)c3ccc4c(N(C)C)cccc4c3)C([C@@]3(C)CCC=CC3=O)CC[C@@]21C. The molecule has 0 bridgehead atoms. The third-order valence-corrected chi connectivity index (χ3v) is 13.6. The van der Waals surface area contributed by atoms with Crippen molar-refractivity contribution in [2.45, 2.75) is 104 Å². The van der Waals surface area contributed by atoms with E-state index in [2.05, 4.69) is 44.6 Å². The first kappa shape index (κ1) is 34.7. The van der Waals surface area contributed by atoms with E-state index in [9.17, 15) is 13.2 Å². The Hall–Kier alpha value is -2.67. The van der Waals surface area contributed by atoms with Gasteiger partial charge < -0.3 is 4.90 Å². The molecule has 2 fully saturated rings. The van der Waals surface area contributed by atoms with Crippen molar-refractivity contribution in [1.82, 2.24) is 4.83 Å². The first-order chi connectivity index (χ1) is 21.8. The van der Waals surface area contributed by atoms with E-state index in [1.165, 1.54) is 38.5 Å². The van der Waals surface area contributed by atoms with Crippen molar-refractivity contribution < 1.29 is 13.2 Å². The Bertz CT molecular complexity index is 1560. The molecule has 2 aromatic rings. The van der Waals surface area contributed by atoms with Crippen LogP contribution < -0.4 is 9.73 Å². The molecule has 0 spiro atoms. The number of ketones is 1. The molecule has 6 nitrogen and oxygen atoms in total. The highest BCUT2D eigenvalue weighted by atomic mass is 32.2. The van der Waals surface area contributed by atoms with E-state index in [0.29, 0.717) is 30.1 Å². The fourth-order valence-electron chi connectivity index (χ4n) is 9.82. The summed E-state index contributed by atoms with van der Waals surface area (Å²) in [5.74, 6) is 3.47. The minimum atomic E-state index is -3.83. The van der Waals surface area contributed by atoms with E-state index in [0.717, 1.165) is 41.6 Å². The lowest BCUT2D eigenvalue weighted by atomic mass is 9.50. The molecule has 0 aliphatic heterocycles. The summed E-state index contributed by atoms with van der Waals surface area (Å²) < 4.78 is 26.7. The highest BCUT2D eigenvalue weighted by molar-refractivity contribution is 7.89. The lowest BCUT2D eigenvalue weighted by Gasteiger charge is -2.54. The molecule has 0 aromatic heterocycles. The molecular formula is C39H57N3O3S. The Morgan fingerprint density at radius 2 is 1.80 bits per heavy atom. The summed E-state index contributed by atoms with van der Waals surface area (Å²) in [5.41, 5.74) is 0.916. The summed E-state index contributed by atoms with van der Waals surface area (Å²) in [4.78, 5) is 18.2. The second-order valence-electron chi connectivity index (χ2n) is 15.8. The van der Waals surface area contributed by atoms with Gasteiger partial charge in [-0.3, -0.25) is 4.79 Å². The van der Waals surface area contributed by atoms with Crippen molar-refractivity contribution in [3.05, 3.63) is 48.6 Å². The highest BCUT2D eigenvalue weighted by Crippen LogP contribution is 2.64. The summed E-state index contributed by atoms with van der Waals surface area (Å²) >= 11 is 0. The van der Waals surface area contributed by atoms with Crippen LogP contribution in [0.25, 0.3) is 10.8 Å². The van der Waals surface area contributed by atoms with Crippen LogP contribution >= 0.6 is 0 Å². The monoisotopic (exact) mass is 647 g/mol. The van der Waals surface area contributed by atoms with E-state index in [4.69, 9.17) is 0 Å². The van der Waals surface area contributed by atoms with Gasteiger partial charge in [0.2, 0.25) is 0 Å². The number of fused-ring (bicyclic) bond motifs is 2. The van der Waals surface area contributed by atoms with E-state index < -0.39 is 10.0 Å². The third-order valence-electron chi connectivity index (χ3n) is 12.4. The van der Waals surface area contributed by atoms with Gasteiger partial charge >= 0.3 is 0 Å². The van der Waals surface area contributed by atoms with Crippen molar-refractivity contribution in [3.8, 4) is 0 Å². The maximum absolute atomic E-state index is 13.4. The first-order valence-electron chi connectivity index (χ1n) is 17.7. The van der Waals surface area contributed by atoms with Gasteiger partial charge in [0.1, 0.15) is 0 Å². The normalized spacial score (nSPS) is 30.7. The number of nitrogens with one attached hydrogen (secondary N) is 1. The molecule has 0 amide bonds. The van der Waals surface area contributed by atoms with Crippen LogP contribution in [0.2, 0.25) is 0 Å². The number of allylic oxidation sites excluding steroid dienone is 2. The molecule has 3 unspecified atom stereocenters. The van der Waals surface area contributed by atoms with Crippen LogP contribution in [-0.4, -0.2) is 34.5 Å². The molecule has 46 heavy (non-hydrogen) atoms. The molecule has 5 rings (SSSR count). The molecule has 252 valence electrons. The van der Waals surface area contributed by atoms with E-state index in [1.807, 2.05) is 55.4 Å². The molecule has 0 radical (unpaired) electrons. The Morgan fingerprint density at radius 1 is 1.02 bits per heavy atom. The molecule has 3 aliphatic rings. The zero-order chi connectivity index (χ0) is 33.3. The Balaban J connectivity index is 1.35. The van der Waals surface area contributed by atoms with Crippen molar-refractivity contribution in [3.63, 3.8) is 0 Å². The molecule has 1 N–H and O–H groups in total. The van der Waals surface area contributed by atoms with Crippen molar-refractivity contribution in [2.75, 3.05) is 19.0 Å². The van der Waals surface area contributed by atoms with Gasteiger partial charge in [0.25, 0.3) is 10.0 Å². The largest absolute Gasteiger partial charge is 0.377 e. The molecule has 7 heteroatoms. The molecule has 2 aromatic carbocycles. The van der Waals surface area contributed by atoms with Gasteiger partial charge in [-0.15, -0.1) is 0 Å². The number of hydrogen-bond acceptors (Lipinski definition) is 5. The smallest absolute Gasteiger partial charge is 0.276 e. The minimum Gasteiger partial charge on any atom is -0.377 e. The maximum Gasteiger partial charge on any atom is 0.276 e. The highest BCUT2D eigenvalue weighted by Gasteiger charge is 2.58. The van der Waals surface area contributed by atoms with Crippen molar-refractivity contribution in [1.29, 1.82) is 0 Å². The quantitative estimate of drug-likeness (QED) is 0.184. The summed E-state index contributed by atoms with van der Waals surface area (Å²) in [6.45, 7) is 11.8. The van der Waals surface area contributed by atoms with Crippen molar-refractivity contribution in [2.24, 2.45) is 51.4 Å². The van der Waals surface area contributed by atoms with E-state index in [-0.39, 0.29) is 27.4 Å². The summed E-state index contributed by atoms with van der Waals surface area (Å²) in [6.07, 6.45) is 16.7. The number of hydrogen-bond donors (Lipinski definition) is 1. The van der Waals surface area contributed by atoms with E-state index >= 15 is 0 Å². The summed E-state index contributed by atoms with van der Waals surface area (Å²) in [6, 6.07) is 11.1. The number of carbonyl (C=O) groups excluding carboxylic acids is 1. The van der Waals surface area contributed by atoms with Crippen LogP contribution in [0, 0.1) is 46.3 Å². The van der Waals surface area contributed by atoms with Crippen LogP contribution in [0.1, 0.15) is 98.8 Å². The predicted molar refractivity (Wildman–Crippen MR) is 192 cm³/mol. The molecule has 0 saturated heterocycles. The average Bonchev–Trinajstić information content (AvgIpc) is 3.37. The molecule has 3 aliphatic carbocycles. The van der Waals surface area contributed by atoms with E-state index in [1.54, 1.807) is 18.3 Å². The topological polar surface area (TPSA) is 78.8 Å². The number of sulfonamides is 1. The molecule has 2 saturated carbocycles. The maximum atomic E-state index is 13.4. The lowest BCUT2D eigenvalue weighted by molar-refractivity contribution is -0.133. The summed E-state index contributed by atoms with van der Waals surface area (Å²) in [7, 11) is 0.134. The molecular weight excluding hydrogens is 591 g/mol. The second kappa shape index (κ2) is 13.8. The van der Waals surface area contributed by atoms with Gasteiger partial charge in [0, 0.05) is 36.8 Å². The molecule has 7 atom stereocenters. The van der Waals surface area contributed by atoms with Gasteiger partial charge in [-0.2, -0.15) is 13.5 Å². The Labute approximate surface area is 278 Å². The average molecular weight is 648 g/mol. The van der Waals surface area contributed by atoms with Gasteiger partial charge in [-0.25, -0.2) is 4.83 Å². The number of anilines is 1. The van der Waals surface area contributed by atoms with Crippen LogP contribution in [0.5, 0.6) is 0 Å². The molecule has 0 heterocycles. The second-order valence-corrected chi connectivity index (χ2v) is 17.5. The number of carbonyl (C=O) groups is 1. The third kappa shape index (κ3) is 6.81. The van der Waals surface area contributed by atoms with Gasteiger partial charge in [0.15, 0.2) is 5.78 Å². The number of hydrazone groups is 1. The number of benzene rings is 2. The Morgan fingerprint density at radius 3 is 2.52 bits per heavy atom.